The van der Waals surface area contributed by atoms with Crippen LogP contribution >= 0.6 is 0 Å². The number of hydrogen-bond acceptors (Lipinski definition) is 6. The van der Waals surface area contributed by atoms with Crippen LogP contribution < -0.4 is 0 Å². The molecular weight excluding hydrogens is 949 g/mol. The van der Waals surface area contributed by atoms with Crippen molar-refractivity contribution in [1.82, 2.24) is 0 Å². The molecule has 0 saturated carbocycles. The fraction of sp³-hybridized carbons (Fsp3) is 0.873. The summed E-state index contributed by atoms with van der Waals surface area (Å²) in [6.45, 7) is 6.69. The molecule has 452 valence electrons. The molecule has 0 N–H and O–H groups in total. The summed E-state index contributed by atoms with van der Waals surface area (Å²) < 4.78 is 17.0. The van der Waals surface area contributed by atoms with E-state index >= 15 is 0 Å². The number of carbonyl (C=O) groups is 3. The summed E-state index contributed by atoms with van der Waals surface area (Å²) in [6.07, 6.45) is 81.7. The highest BCUT2D eigenvalue weighted by Crippen LogP contribution is 2.18. The Balaban J connectivity index is 4.19. The molecule has 1 atom stereocenters. The number of allylic oxidation sites excluding steroid dienone is 6. The van der Waals surface area contributed by atoms with E-state index in [-0.39, 0.29) is 31.1 Å². The molecule has 0 aromatic carbocycles. The molecule has 0 aliphatic carbocycles. The van der Waals surface area contributed by atoms with Crippen LogP contribution in [0.4, 0.5) is 0 Å². The van der Waals surface area contributed by atoms with Gasteiger partial charge >= 0.3 is 17.9 Å². The van der Waals surface area contributed by atoms with E-state index in [4.69, 9.17) is 14.2 Å². The zero-order valence-electron chi connectivity index (χ0n) is 52.0. The van der Waals surface area contributed by atoms with Gasteiger partial charge in [-0.3, -0.25) is 14.4 Å². The third kappa shape index (κ3) is 64.3. The summed E-state index contributed by atoms with van der Waals surface area (Å²) in [4.78, 5) is 38.3. The summed E-state index contributed by atoms with van der Waals surface area (Å²) in [7, 11) is 0. The van der Waals surface area contributed by atoms with Crippen molar-refractivity contribution in [2.45, 2.75) is 386 Å². The van der Waals surface area contributed by atoms with Gasteiger partial charge in [0.1, 0.15) is 13.2 Å². The molecule has 1 unspecified atom stereocenters. The summed E-state index contributed by atoms with van der Waals surface area (Å²) in [5, 5.41) is 0. The van der Waals surface area contributed by atoms with Crippen LogP contribution in [0.2, 0.25) is 0 Å². The van der Waals surface area contributed by atoms with E-state index in [2.05, 4.69) is 57.2 Å². The van der Waals surface area contributed by atoms with Crippen molar-refractivity contribution in [3.05, 3.63) is 36.5 Å². The van der Waals surface area contributed by atoms with Crippen LogP contribution in [0.1, 0.15) is 380 Å². The highest BCUT2D eigenvalue weighted by Gasteiger charge is 2.19. The Morgan fingerprint density at radius 1 is 0.260 bits per heavy atom. The summed E-state index contributed by atoms with van der Waals surface area (Å²) in [5.74, 6) is -0.841. The summed E-state index contributed by atoms with van der Waals surface area (Å²) >= 11 is 0. The molecular formula is C71H132O6. The maximum Gasteiger partial charge on any atom is 0.306 e. The van der Waals surface area contributed by atoms with Crippen molar-refractivity contribution in [3.63, 3.8) is 0 Å². The lowest BCUT2D eigenvalue weighted by molar-refractivity contribution is -0.167. The van der Waals surface area contributed by atoms with E-state index in [0.29, 0.717) is 19.3 Å². The van der Waals surface area contributed by atoms with Crippen LogP contribution in [0.25, 0.3) is 0 Å². The highest BCUT2D eigenvalue weighted by molar-refractivity contribution is 5.71. The number of unbranched alkanes of at least 4 members (excludes halogenated alkanes) is 47. The maximum atomic E-state index is 12.9. The van der Waals surface area contributed by atoms with Gasteiger partial charge in [-0.15, -0.1) is 0 Å². The molecule has 0 bridgehead atoms. The van der Waals surface area contributed by atoms with E-state index in [0.717, 1.165) is 70.6 Å². The Hall–Kier alpha value is -2.37. The van der Waals surface area contributed by atoms with Crippen molar-refractivity contribution in [3.8, 4) is 0 Å². The summed E-state index contributed by atoms with van der Waals surface area (Å²) in [6, 6.07) is 0. The van der Waals surface area contributed by atoms with Gasteiger partial charge in [0.2, 0.25) is 0 Å². The van der Waals surface area contributed by atoms with Crippen molar-refractivity contribution < 1.29 is 28.6 Å². The predicted molar refractivity (Wildman–Crippen MR) is 335 cm³/mol. The zero-order valence-corrected chi connectivity index (χ0v) is 52.0. The average Bonchev–Trinajstić information content (AvgIpc) is 3.43. The first-order chi connectivity index (χ1) is 38.0. The largest absolute Gasteiger partial charge is 0.462 e. The first-order valence-corrected chi connectivity index (χ1v) is 34.5. The molecule has 0 spiro atoms. The number of esters is 3. The second-order valence-electron chi connectivity index (χ2n) is 23.5. The number of ether oxygens (including phenoxy) is 3. The molecule has 77 heavy (non-hydrogen) atoms. The highest BCUT2D eigenvalue weighted by atomic mass is 16.6. The van der Waals surface area contributed by atoms with Crippen LogP contribution in [0, 0.1) is 0 Å². The lowest BCUT2D eigenvalue weighted by Gasteiger charge is -2.18. The third-order valence-corrected chi connectivity index (χ3v) is 15.6. The molecule has 0 amide bonds. The zero-order chi connectivity index (χ0) is 55.7. The molecule has 0 fully saturated rings. The fourth-order valence-electron chi connectivity index (χ4n) is 10.5. The number of hydrogen-bond donors (Lipinski definition) is 0. The Morgan fingerprint density at radius 2 is 0.468 bits per heavy atom. The fourth-order valence-corrected chi connectivity index (χ4v) is 10.5. The first kappa shape index (κ1) is 74.6. The third-order valence-electron chi connectivity index (χ3n) is 15.6. The maximum absolute atomic E-state index is 12.9. The lowest BCUT2D eigenvalue weighted by Crippen LogP contribution is -2.30. The van der Waals surface area contributed by atoms with Gasteiger partial charge in [-0.25, -0.2) is 0 Å². The minimum Gasteiger partial charge on any atom is -0.462 e. The van der Waals surface area contributed by atoms with Gasteiger partial charge in [0.05, 0.1) is 0 Å². The van der Waals surface area contributed by atoms with Gasteiger partial charge in [0, 0.05) is 19.3 Å². The number of carbonyl (C=O) groups excluding carboxylic acids is 3. The molecule has 0 saturated heterocycles. The van der Waals surface area contributed by atoms with Crippen LogP contribution in [0.5, 0.6) is 0 Å². The Morgan fingerprint density at radius 3 is 0.727 bits per heavy atom. The van der Waals surface area contributed by atoms with Crippen LogP contribution in [0.15, 0.2) is 36.5 Å². The lowest BCUT2D eigenvalue weighted by atomic mass is 10.0. The van der Waals surface area contributed by atoms with Crippen LogP contribution in [-0.4, -0.2) is 37.2 Å². The van der Waals surface area contributed by atoms with Gasteiger partial charge in [-0.2, -0.15) is 0 Å². The SMILES string of the molecule is CCCCCCC/C=C\C/C=C\C/C=C\CCCCCCCCCCCCCCC(=O)OCC(COC(=O)CCCCCCCCCCCCC)OC(=O)CCCCCCCCCCCCCCCCCCCCCCC. The molecule has 0 radical (unpaired) electrons. The monoisotopic (exact) mass is 1080 g/mol. The van der Waals surface area contributed by atoms with E-state index in [1.165, 1.54) is 270 Å². The second-order valence-corrected chi connectivity index (χ2v) is 23.5. The van der Waals surface area contributed by atoms with Gasteiger partial charge in [-0.05, 0) is 57.8 Å². The van der Waals surface area contributed by atoms with Gasteiger partial charge < -0.3 is 14.2 Å². The second kappa shape index (κ2) is 66.1. The molecule has 6 heteroatoms. The molecule has 0 heterocycles. The molecule has 0 aromatic heterocycles. The van der Waals surface area contributed by atoms with E-state index in [1.54, 1.807) is 0 Å². The van der Waals surface area contributed by atoms with Crippen molar-refractivity contribution in [2.24, 2.45) is 0 Å². The Kier molecular flexibility index (Phi) is 64.1. The minimum atomic E-state index is -0.769. The van der Waals surface area contributed by atoms with Gasteiger partial charge in [0.25, 0.3) is 0 Å². The molecule has 0 aromatic rings. The molecule has 0 aliphatic heterocycles. The van der Waals surface area contributed by atoms with E-state index in [9.17, 15) is 14.4 Å². The molecule has 0 rings (SSSR count). The standard InChI is InChI=1S/C71H132O6/c1-4-7-10-13-16-19-22-24-26-28-30-32-33-34-35-36-37-39-40-42-44-46-49-52-55-58-61-64-70(73)76-67-68(66-75-69(72)63-60-57-54-51-48-21-18-15-12-9-6-3)77-71(74)65-62-59-56-53-50-47-45-43-41-38-31-29-27-25-23-20-17-14-11-8-5-2/h22,24,28,30,33-34,68H,4-21,23,25-27,29,31-32,35-67H2,1-3H3/b24-22-,30-28-,34-33-. The molecule has 0 aliphatic rings. The predicted octanol–water partition coefficient (Wildman–Crippen LogP) is 23.6. The topological polar surface area (TPSA) is 78.9 Å². The smallest absolute Gasteiger partial charge is 0.306 e. The van der Waals surface area contributed by atoms with Crippen molar-refractivity contribution in [1.29, 1.82) is 0 Å². The quantitative estimate of drug-likeness (QED) is 0.0261. The summed E-state index contributed by atoms with van der Waals surface area (Å²) in [5.41, 5.74) is 0. The number of rotatable bonds is 64. The van der Waals surface area contributed by atoms with Gasteiger partial charge in [-0.1, -0.05) is 340 Å². The van der Waals surface area contributed by atoms with E-state index < -0.39 is 6.10 Å². The van der Waals surface area contributed by atoms with Crippen molar-refractivity contribution >= 4 is 17.9 Å². The normalized spacial score (nSPS) is 12.2. The van der Waals surface area contributed by atoms with Gasteiger partial charge in [0.15, 0.2) is 6.10 Å². The van der Waals surface area contributed by atoms with Crippen LogP contribution in [-0.2, 0) is 28.6 Å². The average molecular weight is 1080 g/mol. The van der Waals surface area contributed by atoms with E-state index in [1.807, 2.05) is 0 Å². The Bertz CT molecular complexity index is 1290. The Labute approximate surface area is 480 Å². The van der Waals surface area contributed by atoms with Crippen LogP contribution in [0.3, 0.4) is 0 Å². The molecule has 6 nitrogen and oxygen atoms in total. The minimum absolute atomic E-state index is 0.0664. The first-order valence-electron chi connectivity index (χ1n) is 34.5. The van der Waals surface area contributed by atoms with Crippen molar-refractivity contribution in [2.75, 3.05) is 13.2 Å².